The van der Waals surface area contributed by atoms with Crippen molar-refractivity contribution in [3.63, 3.8) is 0 Å². The van der Waals surface area contributed by atoms with Crippen LogP contribution in [0.5, 0.6) is 6.01 Å². The number of benzene rings is 1. The molecule has 0 radical (unpaired) electrons. The molecule has 0 amide bonds. The average molecular weight is 313 g/mol. The first-order valence-corrected chi connectivity index (χ1v) is 6.42. The summed E-state index contributed by atoms with van der Waals surface area (Å²) >= 11 is 0. The Bertz CT molecular complexity index is 818. The number of nitrogens with zero attached hydrogens (tertiary/aromatic N) is 4. The topological polar surface area (TPSA) is 149 Å². The SMILES string of the molecule is O=C(O)c1ccc(Nc2nc(O)nc(Nc3cc[nH]n3)n2)cc1. The van der Waals surface area contributed by atoms with Gasteiger partial charge in [0.2, 0.25) is 11.9 Å². The van der Waals surface area contributed by atoms with Crippen LogP contribution in [0.15, 0.2) is 36.5 Å². The van der Waals surface area contributed by atoms with Crippen molar-refractivity contribution >= 4 is 29.4 Å². The van der Waals surface area contributed by atoms with Crippen molar-refractivity contribution in [2.24, 2.45) is 0 Å². The fraction of sp³-hybridized carbons (Fsp3) is 0. The van der Waals surface area contributed by atoms with E-state index in [-0.39, 0.29) is 17.5 Å². The first-order valence-electron chi connectivity index (χ1n) is 6.42. The molecule has 0 aliphatic carbocycles. The van der Waals surface area contributed by atoms with Crippen LogP contribution in [0.3, 0.4) is 0 Å². The summed E-state index contributed by atoms with van der Waals surface area (Å²) in [5.41, 5.74) is 0.723. The van der Waals surface area contributed by atoms with E-state index in [4.69, 9.17) is 5.11 Å². The standard InChI is InChI=1S/C13H11N7O3/c21-10(22)7-1-3-8(4-2-7)15-11-17-12(19-13(23)18-11)16-9-5-6-14-20-9/h1-6H,(H,21,22)(H4,14,15,16,17,18,19,20,23). The van der Waals surface area contributed by atoms with Crippen molar-refractivity contribution in [3.8, 4) is 6.01 Å². The first-order chi connectivity index (χ1) is 11.1. The second-order valence-corrected chi connectivity index (χ2v) is 4.37. The van der Waals surface area contributed by atoms with Gasteiger partial charge in [0.25, 0.3) is 0 Å². The van der Waals surface area contributed by atoms with E-state index in [0.717, 1.165) is 0 Å². The molecule has 1 aromatic carbocycles. The third kappa shape index (κ3) is 3.50. The number of carboxylic acids is 1. The van der Waals surface area contributed by atoms with Gasteiger partial charge < -0.3 is 20.8 Å². The number of hydrogen-bond acceptors (Lipinski definition) is 8. The molecular formula is C13H11N7O3. The van der Waals surface area contributed by atoms with E-state index >= 15 is 0 Å². The van der Waals surface area contributed by atoms with E-state index < -0.39 is 12.0 Å². The number of H-pyrrole nitrogens is 1. The summed E-state index contributed by atoms with van der Waals surface area (Å²) < 4.78 is 0. The molecule has 0 unspecified atom stereocenters. The monoisotopic (exact) mass is 313 g/mol. The molecule has 0 bridgehead atoms. The number of aromatic hydroxyl groups is 1. The van der Waals surface area contributed by atoms with Gasteiger partial charge in [0, 0.05) is 18.0 Å². The summed E-state index contributed by atoms with van der Waals surface area (Å²) in [6, 6.07) is 7.19. The maximum Gasteiger partial charge on any atom is 0.335 e. The van der Waals surface area contributed by atoms with Gasteiger partial charge in [-0.15, -0.1) is 0 Å². The normalized spacial score (nSPS) is 10.3. The van der Waals surface area contributed by atoms with Crippen LogP contribution in [-0.2, 0) is 0 Å². The highest BCUT2D eigenvalue weighted by atomic mass is 16.4. The Morgan fingerprint density at radius 3 is 2.30 bits per heavy atom. The maximum atomic E-state index is 10.8. The predicted octanol–water partition coefficient (Wildman–Crippen LogP) is 1.49. The van der Waals surface area contributed by atoms with Crippen LogP contribution >= 0.6 is 0 Å². The highest BCUT2D eigenvalue weighted by molar-refractivity contribution is 5.88. The second kappa shape index (κ2) is 5.97. The van der Waals surface area contributed by atoms with Gasteiger partial charge in [-0.1, -0.05) is 0 Å². The van der Waals surface area contributed by atoms with Crippen LogP contribution in [0.25, 0.3) is 0 Å². The number of carbonyl (C=O) groups is 1. The van der Waals surface area contributed by atoms with Crippen LogP contribution in [0, 0.1) is 0 Å². The van der Waals surface area contributed by atoms with E-state index in [2.05, 4.69) is 35.8 Å². The molecule has 0 aliphatic heterocycles. The maximum absolute atomic E-state index is 10.8. The van der Waals surface area contributed by atoms with Gasteiger partial charge in [-0.25, -0.2) is 4.79 Å². The molecule has 0 saturated carbocycles. The molecule has 0 fully saturated rings. The number of aromatic carboxylic acids is 1. The van der Waals surface area contributed by atoms with Crippen molar-refractivity contribution in [1.29, 1.82) is 0 Å². The Balaban J connectivity index is 1.79. The minimum Gasteiger partial charge on any atom is -0.479 e. The average Bonchev–Trinajstić information content (AvgIpc) is 3.00. The predicted molar refractivity (Wildman–Crippen MR) is 80.0 cm³/mol. The van der Waals surface area contributed by atoms with Gasteiger partial charge in [-0.3, -0.25) is 5.10 Å². The van der Waals surface area contributed by atoms with Crippen molar-refractivity contribution in [1.82, 2.24) is 25.1 Å². The molecule has 0 atom stereocenters. The van der Waals surface area contributed by atoms with Crippen LogP contribution in [0.2, 0.25) is 0 Å². The van der Waals surface area contributed by atoms with Crippen LogP contribution in [0.1, 0.15) is 10.4 Å². The number of anilines is 4. The summed E-state index contributed by atoms with van der Waals surface area (Å²) in [6.07, 6.45) is 1.62. The molecule has 3 aromatic rings. The number of rotatable bonds is 5. The molecule has 10 heteroatoms. The molecule has 23 heavy (non-hydrogen) atoms. The third-order valence-electron chi connectivity index (χ3n) is 2.75. The van der Waals surface area contributed by atoms with E-state index in [9.17, 15) is 9.90 Å². The lowest BCUT2D eigenvalue weighted by molar-refractivity contribution is 0.0697. The Hall–Kier alpha value is -3.69. The molecule has 0 saturated heterocycles. The smallest absolute Gasteiger partial charge is 0.335 e. The Morgan fingerprint density at radius 1 is 1.00 bits per heavy atom. The molecule has 0 aliphatic rings. The van der Waals surface area contributed by atoms with Gasteiger partial charge in [0.15, 0.2) is 5.82 Å². The summed E-state index contributed by atoms with van der Waals surface area (Å²) in [4.78, 5) is 22.4. The minimum atomic E-state index is -1.01. The highest BCUT2D eigenvalue weighted by Crippen LogP contribution is 2.18. The largest absolute Gasteiger partial charge is 0.479 e. The van der Waals surface area contributed by atoms with Gasteiger partial charge in [0.1, 0.15) is 0 Å². The summed E-state index contributed by atoms with van der Waals surface area (Å²) in [7, 11) is 0. The molecule has 2 heterocycles. The van der Waals surface area contributed by atoms with Crippen molar-refractivity contribution in [2.75, 3.05) is 10.6 Å². The van der Waals surface area contributed by atoms with Gasteiger partial charge in [-0.05, 0) is 24.3 Å². The van der Waals surface area contributed by atoms with Gasteiger partial charge in [-0.2, -0.15) is 20.1 Å². The van der Waals surface area contributed by atoms with Crippen molar-refractivity contribution in [2.45, 2.75) is 0 Å². The minimum absolute atomic E-state index is 0.0959. The molecule has 3 rings (SSSR count). The lowest BCUT2D eigenvalue weighted by atomic mass is 10.2. The zero-order valence-corrected chi connectivity index (χ0v) is 11.6. The van der Waals surface area contributed by atoms with Crippen molar-refractivity contribution < 1.29 is 15.0 Å². The zero-order chi connectivity index (χ0) is 16.2. The Kier molecular flexibility index (Phi) is 3.70. The van der Waals surface area contributed by atoms with E-state index in [0.29, 0.717) is 11.5 Å². The number of nitrogens with one attached hydrogen (secondary N) is 3. The fourth-order valence-electron chi connectivity index (χ4n) is 1.75. The highest BCUT2D eigenvalue weighted by Gasteiger charge is 2.08. The number of aromatic amines is 1. The summed E-state index contributed by atoms with van der Waals surface area (Å²) in [5.74, 6) is -0.333. The Labute approximate surface area is 129 Å². The van der Waals surface area contributed by atoms with Crippen molar-refractivity contribution in [3.05, 3.63) is 42.1 Å². The number of carboxylic acid groups (broad SMARTS) is 1. The molecule has 2 aromatic heterocycles. The first kappa shape index (κ1) is 14.3. The second-order valence-electron chi connectivity index (χ2n) is 4.37. The molecule has 5 N–H and O–H groups in total. The molecular weight excluding hydrogens is 302 g/mol. The molecule has 10 nitrogen and oxygen atoms in total. The van der Waals surface area contributed by atoms with E-state index in [1.807, 2.05) is 0 Å². The quantitative estimate of drug-likeness (QED) is 0.472. The van der Waals surface area contributed by atoms with E-state index in [1.54, 1.807) is 24.4 Å². The lowest BCUT2D eigenvalue weighted by Gasteiger charge is -2.07. The number of aromatic nitrogens is 5. The summed E-state index contributed by atoms with van der Waals surface area (Å²) in [6.45, 7) is 0. The fourth-order valence-corrected chi connectivity index (χ4v) is 1.75. The van der Waals surface area contributed by atoms with Crippen LogP contribution < -0.4 is 10.6 Å². The third-order valence-corrected chi connectivity index (χ3v) is 2.75. The summed E-state index contributed by atoms with van der Waals surface area (Å²) in [5, 5.41) is 30.6. The van der Waals surface area contributed by atoms with Gasteiger partial charge in [0.05, 0.1) is 5.56 Å². The van der Waals surface area contributed by atoms with Crippen LogP contribution in [0.4, 0.5) is 23.4 Å². The molecule has 0 spiro atoms. The zero-order valence-electron chi connectivity index (χ0n) is 11.6. The number of hydrogen-bond donors (Lipinski definition) is 5. The van der Waals surface area contributed by atoms with E-state index in [1.165, 1.54) is 12.1 Å². The lowest BCUT2D eigenvalue weighted by Crippen LogP contribution is -2.04. The molecule has 116 valence electrons. The van der Waals surface area contributed by atoms with Crippen LogP contribution in [-0.4, -0.2) is 41.3 Å². The Morgan fingerprint density at radius 2 is 1.70 bits per heavy atom. The van der Waals surface area contributed by atoms with Gasteiger partial charge >= 0.3 is 12.0 Å².